The summed E-state index contributed by atoms with van der Waals surface area (Å²) in [6.07, 6.45) is 2.30. The number of ether oxygens (including phenoxy) is 2. The second-order valence-electron chi connectivity index (χ2n) is 10.9. The molecule has 0 aliphatic carbocycles. The van der Waals surface area contributed by atoms with E-state index in [0.29, 0.717) is 23.6 Å². The van der Waals surface area contributed by atoms with Crippen LogP contribution in [0.4, 0.5) is 0 Å². The Kier molecular flexibility index (Phi) is 7.06. The molecule has 196 valence electrons. The van der Waals surface area contributed by atoms with Crippen LogP contribution in [-0.4, -0.2) is 28.7 Å². The Bertz CT molecular complexity index is 1530. The number of esters is 1. The van der Waals surface area contributed by atoms with E-state index in [9.17, 15) is 9.59 Å². The third kappa shape index (κ3) is 5.48. The quantitative estimate of drug-likeness (QED) is 0.255. The number of hydrogen-bond donors (Lipinski definition) is 0. The van der Waals surface area contributed by atoms with Gasteiger partial charge in [-0.2, -0.15) is 0 Å². The van der Waals surface area contributed by atoms with Crippen LogP contribution in [0.3, 0.4) is 0 Å². The Morgan fingerprint density at radius 3 is 2.50 bits per heavy atom. The molecule has 5 nitrogen and oxygen atoms in total. The van der Waals surface area contributed by atoms with Gasteiger partial charge in [-0.05, 0) is 99.7 Å². The summed E-state index contributed by atoms with van der Waals surface area (Å²) in [5.74, 6) is 0.484. The van der Waals surface area contributed by atoms with E-state index in [1.807, 2.05) is 45.9 Å². The van der Waals surface area contributed by atoms with Gasteiger partial charge in [0.1, 0.15) is 11.4 Å². The third-order valence-electron chi connectivity index (χ3n) is 6.78. The van der Waals surface area contributed by atoms with Gasteiger partial charge in [-0.3, -0.25) is 14.2 Å². The first-order valence-corrected chi connectivity index (χ1v) is 13.4. The molecule has 1 aromatic heterocycles. The molecule has 1 aliphatic heterocycles. The molecular weight excluding hydrogens is 498 g/mol. The lowest BCUT2D eigenvalue weighted by Gasteiger charge is -2.20. The standard InChI is InChI=1S/C32H32ClNO4/c1-20-5-12-27-25(17-20)26(19-30(35)38-32(2,3)4)28(34(27)31(36)22-8-10-24(33)11-9-22)13-6-21-7-14-29-23(18-21)15-16-37-29/h5,7-12,14,17-18H,6,13,15-16,19H2,1-4H3. The highest BCUT2D eigenvalue weighted by molar-refractivity contribution is 6.30. The van der Waals surface area contributed by atoms with Gasteiger partial charge in [0.15, 0.2) is 0 Å². The van der Waals surface area contributed by atoms with E-state index in [0.717, 1.165) is 46.3 Å². The molecule has 0 unspecified atom stereocenters. The number of carbonyl (C=O) groups is 2. The van der Waals surface area contributed by atoms with Gasteiger partial charge in [-0.25, -0.2) is 0 Å². The number of benzene rings is 3. The van der Waals surface area contributed by atoms with Crippen LogP contribution < -0.4 is 4.74 Å². The number of aromatic nitrogens is 1. The normalized spacial score (nSPS) is 12.9. The fraction of sp³-hybridized carbons (Fsp3) is 0.312. The monoisotopic (exact) mass is 529 g/mol. The Morgan fingerprint density at radius 2 is 1.76 bits per heavy atom. The molecule has 0 radical (unpaired) electrons. The maximum absolute atomic E-state index is 14.0. The molecule has 4 aromatic rings. The zero-order chi connectivity index (χ0) is 27.0. The van der Waals surface area contributed by atoms with E-state index < -0.39 is 5.60 Å². The number of carbonyl (C=O) groups excluding carboxylic acids is 2. The Labute approximate surface area is 228 Å². The van der Waals surface area contributed by atoms with Crippen molar-refractivity contribution in [1.29, 1.82) is 0 Å². The van der Waals surface area contributed by atoms with Gasteiger partial charge in [0.05, 0.1) is 18.5 Å². The van der Waals surface area contributed by atoms with Crippen molar-refractivity contribution < 1.29 is 19.1 Å². The van der Waals surface area contributed by atoms with Crippen LogP contribution in [0.5, 0.6) is 5.75 Å². The Balaban J connectivity index is 1.61. The fourth-order valence-corrected chi connectivity index (χ4v) is 5.24. The third-order valence-corrected chi connectivity index (χ3v) is 7.03. The Hall–Kier alpha value is -3.57. The summed E-state index contributed by atoms with van der Waals surface area (Å²) in [4.78, 5) is 27.0. The van der Waals surface area contributed by atoms with Crippen molar-refractivity contribution in [3.05, 3.63) is 99.2 Å². The highest BCUT2D eigenvalue weighted by Gasteiger charge is 2.26. The van der Waals surface area contributed by atoms with Crippen LogP contribution in [-0.2, 0) is 35.2 Å². The number of nitrogens with zero attached hydrogens (tertiary/aromatic N) is 1. The van der Waals surface area contributed by atoms with E-state index in [-0.39, 0.29) is 18.3 Å². The predicted molar refractivity (Wildman–Crippen MR) is 150 cm³/mol. The van der Waals surface area contributed by atoms with Gasteiger partial charge in [0.25, 0.3) is 5.91 Å². The fourth-order valence-electron chi connectivity index (χ4n) is 5.12. The molecule has 0 spiro atoms. The van der Waals surface area contributed by atoms with Crippen molar-refractivity contribution in [3.63, 3.8) is 0 Å². The van der Waals surface area contributed by atoms with Crippen molar-refractivity contribution in [2.75, 3.05) is 6.61 Å². The summed E-state index contributed by atoms with van der Waals surface area (Å²) in [7, 11) is 0. The van der Waals surface area contributed by atoms with Gasteiger partial charge < -0.3 is 9.47 Å². The molecule has 0 atom stereocenters. The van der Waals surface area contributed by atoms with Crippen molar-refractivity contribution >= 4 is 34.4 Å². The summed E-state index contributed by atoms with van der Waals surface area (Å²) in [6, 6.07) is 19.2. The van der Waals surface area contributed by atoms with Crippen molar-refractivity contribution in [2.24, 2.45) is 0 Å². The molecule has 38 heavy (non-hydrogen) atoms. The van der Waals surface area contributed by atoms with Crippen LogP contribution in [0.2, 0.25) is 5.02 Å². The van der Waals surface area contributed by atoms with Crippen LogP contribution in [0, 0.1) is 6.92 Å². The highest BCUT2D eigenvalue weighted by Crippen LogP contribution is 2.32. The number of fused-ring (bicyclic) bond motifs is 2. The molecule has 0 amide bonds. The van der Waals surface area contributed by atoms with E-state index in [1.54, 1.807) is 28.8 Å². The van der Waals surface area contributed by atoms with Crippen LogP contribution in [0.15, 0.2) is 60.7 Å². The van der Waals surface area contributed by atoms with Gasteiger partial charge in [-0.15, -0.1) is 0 Å². The molecule has 0 bridgehead atoms. The van der Waals surface area contributed by atoms with Gasteiger partial charge >= 0.3 is 5.97 Å². The molecule has 2 heterocycles. The second-order valence-corrected chi connectivity index (χ2v) is 11.3. The molecule has 1 aliphatic rings. The molecule has 6 heteroatoms. The molecule has 0 saturated heterocycles. The van der Waals surface area contributed by atoms with Crippen LogP contribution in [0.1, 0.15) is 59.1 Å². The molecular formula is C32H32ClNO4. The first-order chi connectivity index (χ1) is 18.1. The first-order valence-electron chi connectivity index (χ1n) is 13.0. The lowest BCUT2D eigenvalue weighted by molar-refractivity contribution is -0.153. The van der Waals surface area contributed by atoms with Crippen molar-refractivity contribution in [3.8, 4) is 5.75 Å². The average Bonchev–Trinajstić information content (AvgIpc) is 3.43. The highest BCUT2D eigenvalue weighted by atomic mass is 35.5. The lowest BCUT2D eigenvalue weighted by Crippen LogP contribution is -2.25. The summed E-state index contributed by atoms with van der Waals surface area (Å²) < 4.78 is 13.1. The zero-order valence-corrected chi connectivity index (χ0v) is 23.0. The minimum Gasteiger partial charge on any atom is -0.493 e. The minimum atomic E-state index is -0.600. The Morgan fingerprint density at radius 1 is 1.00 bits per heavy atom. The van der Waals surface area contributed by atoms with E-state index >= 15 is 0 Å². The van der Waals surface area contributed by atoms with E-state index in [1.165, 1.54) is 11.1 Å². The summed E-state index contributed by atoms with van der Waals surface area (Å²) in [5.41, 5.74) is 5.83. The average molecular weight is 530 g/mol. The SMILES string of the molecule is Cc1ccc2c(c1)c(CC(=O)OC(C)(C)C)c(CCc1ccc3c(c1)CCO3)n2C(=O)c1ccc(Cl)cc1. The number of halogens is 1. The maximum atomic E-state index is 14.0. The molecule has 3 aromatic carbocycles. The largest absolute Gasteiger partial charge is 0.493 e. The van der Waals surface area contributed by atoms with E-state index in [2.05, 4.69) is 18.2 Å². The summed E-state index contributed by atoms with van der Waals surface area (Å²) in [6.45, 7) is 8.31. The van der Waals surface area contributed by atoms with E-state index in [4.69, 9.17) is 21.1 Å². The topological polar surface area (TPSA) is 57.5 Å². The zero-order valence-electron chi connectivity index (χ0n) is 22.3. The molecule has 0 saturated carbocycles. The smallest absolute Gasteiger partial charge is 0.310 e. The summed E-state index contributed by atoms with van der Waals surface area (Å²) >= 11 is 6.10. The maximum Gasteiger partial charge on any atom is 0.310 e. The van der Waals surface area contributed by atoms with Crippen LogP contribution >= 0.6 is 11.6 Å². The predicted octanol–water partition coefficient (Wildman–Crippen LogP) is 6.90. The molecule has 0 N–H and O–H groups in total. The van der Waals surface area contributed by atoms with Gasteiger partial charge in [0.2, 0.25) is 0 Å². The van der Waals surface area contributed by atoms with Crippen LogP contribution in [0.25, 0.3) is 10.9 Å². The minimum absolute atomic E-state index is 0.0888. The van der Waals surface area contributed by atoms with Gasteiger partial charge in [0, 0.05) is 28.1 Å². The molecule has 0 fully saturated rings. The lowest BCUT2D eigenvalue weighted by atomic mass is 10.00. The van der Waals surface area contributed by atoms with Crippen molar-refractivity contribution in [1.82, 2.24) is 4.57 Å². The summed E-state index contributed by atoms with van der Waals surface area (Å²) in [5, 5.41) is 1.47. The number of aryl methyl sites for hydroxylation is 2. The number of rotatable bonds is 6. The second kappa shape index (κ2) is 10.3. The van der Waals surface area contributed by atoms with Crippen molar-refractivity contribution in [2.45, 2.75) is 59.0 Å². The van der Waals surface area contributed by atoms with Gasteiger partial charge in [-0.1, -0.05) is 35.4 Å². The number of hydrogen-bond acceptors (Lipinski definition) is 4. The molecule has 5 rings (SSSR count). The first kappa shape index (κ1) is 26.1.